The van der Waals surface area contributed by atoms with Gasteiger partial charge in [0.05, 0.1) is 16.4 Å². The molecule has 0 bridgehead atoms. The van der Waals surface area contributed by atoms with Gasteiger partial charge in [0.25, 0.3) is 0 Å². The summed E-state index contributed by atoms with van der Waals surface area (Å²) in [7, 11) is 0. The van der Waals surface area contributed by atoms with E-state index in [-0.39, 0.29) is 0 Å². The number of rotatable bonds is 3. The van der Waals surface area contributed by atoms with Crippen molar-refractivity contribution in [3.05, 3.63) is 41.7 Å². The van der Waals surface area contributed by atoms with Crippen LogP contribution in [0.5, 0.6) is 0 Å². The predicted octanol–water partition coefficient (Wildman–Crippen LogP) is 3.25. The molecule has 0 saturated carbocycles. The van der Waals surface area contributed by atoms with Gasteiger partial charge in [0.1, 0.15) is 0 Å². The molecule has 1 aliphatic heterocycles. The van der Waals surface area contributed by atoms with E-state index in [0.717, 1.165) is 30.3 Å². The van der Waals surface area contributed by atoms with E-state index in [0.29, 0.717) is 5.92 Å². The van der Waals surface area contributed by atoms with Gasteiger partial charge in [-0.2, -0.15) is 5.10 Å². The molecular formula is C16H18N4S. The number of thiazole rings is 1. The standard InChI is InChI=1S/C16H18N4S/c1-11-3-4-14-15(5-11)21-16(18-14)19-8-13(9-19)10-20-7-12(2)6-17-20/h3-7,13H,8-10H2,1-2H3. The first-order valence-electron chi connectivity index (χ1n) is 7.28. The summed E-state index contributed by atoms with van der Waals surface area (Å²) in [6.45, 7) is 7.38. The Labute approximate surface area is 128 Å². The van der Waals surface area contributed by atoms with Crippen molar-refractivity contribution in [2.45, 2.75) is 20.4 Å². The maximum atomic E-state index is 4.74. The van der Waals surface area contributed by atoms with Crippen LogP contribution in [0, 0.1) is 19.8 Å². The zero-order valence-electron chi connectivity index (χ0n) is 12.3. The molecule has 108 valence electrons. The Bertz CT molecular complexity index is 783. The zero-order chi connectivity index (χ0) is 14.4. The van der Waals surface area contributed by atoms with Crippen LogP contribution in [-0.2, 0) is 6.54 Å². The average Bonchev–Trinajstić information content (AvgIpc) is 2.98. The van der Waals surface area contributed by atoms with Crippen LogP contribution in [0.3, 0.4) is 0 Å². The zero-order valence-corrected chi connectivity index (χ0v) is 13.1. The smallest absolute Gasteiger partial charge is 0.186 e. The maximum Gasteiger partial charge on any atom is 0.186 e. The normalized spacial score (nSPS) is 15.6. The second kappa shape index (κ2) is 4.84. The third-order valence-electron chi connectivity index (χ3n) is 3.97. The molecule has 5 heteroatoms. The Kier molecular flexibility index (Phi) is 2.96. The predicted molar refractivity (Wildman–Crippen MR) is 87.0 cm³/mol. The summed E-state index contributed by atoms with van der Waals surface area (Å²) in [5.74, 6) is 0.679. The van der Waals surface area contributed by atoms with Gasteiger partial charge in [-0.3, -0.25) is 4.68 Å². The molecule has 0 spiro atoms. The molecule has 2 aromatic heterocycles. The number of fused-ring (bicyclic) bond motifs is 1. The maximum absolute atomic E-state index is 4.74. The summed E-state index contributed by atoms with van der Waals surface area (Å²) in [6, 6.07) is 6.47. The lowest BCUT2D eigenvalue weighted by Gasteiger charge is -2.39. The Balaban J connectivity index is 1.44. The number of anilines is 1. The molecule has 1 fully saturated rings. The lowest BCUT2D eigenvalue weighted by molar-refractivity contribution is 0.342. The van der Waals surface area contributed by atoms with Crippen molar-refractivity contribution >= 4 is 26.7 Å². The minimum Gasteiger partial charge on any atom is -0.347 e. The van der Waals surface area contributed by atoms with Gasteiger partial charge in [-0.1, -0.05) is 17.4 Å². The monoisotopic (exact) mass is 298 g/mol. The van der Waals surface area contributed by atoms with Gasteiger partial charge in [0.15, 0.2) is 5.13 Å². The Morgan fingerprint density at radius 2 is 2.10 bits per heavy atom. The Morgan fingerprint density at radius 3 is 2.86 bits per heavy atom. The van der Waals surface area contributed by atoms with Gasteiger partial charge in [-0.05, 0) is 37.1 Å². The SMILES string of the molecule is Cc1ccc2nc(N3CC(Cn4cc(C)cn4)C3)sc2c1. The molecule has 0 unspecified atom stereocenters. The summed E-state index contributed by atoms with van der Waals surface area (Å²) in [4.78, 5) is 7.12. The lowest BCUT2D eigenvalue weighted by Crippen LogP contribution is -2.48. The third-order valence-corrected chi connectivity index (χ3v) is 5.05. The quantitative estimate of drug-likeness (QED) is 0.744. The topological polar surface area (TPSA) is 34.0 Å². The fraction of sp³-hybridized carbons (Fsp3) is 0.375. The van der Waals surface area contributed by atoms with Crippen molar-refractivity contribution in [2.24, 2.45) is 5.92 Å². The second-order valence-electron chi connectivity index (χ2n) is 5.98. The number of aryl methyl sites for hydroxylation is 2. The van der Waals surface area contributed by atoms with Gasteiger partial charge >= 0.3 is 0 Å². The van der Waals surface area contributed by atoms with E-state index in [1.54, 1.807) is 11.3 Å². The number of hydrogen-bond donors (Lipinski definition) is 0. The molecule has 4 nitrogen and oxygen atoms in total. The highest BCUT2D eigenvalue weighted by molar-refractivity contribution is 7.22. The molecular weight excluding hydrogens is 280 g/mol. The summed E-state index contributed by atoms with van der Waals surface area (Å²) >= 11 is 1.80. The van der Waals surface area contributed by atoms with Gasteiger partial charge in [-0.15, -0.1) is 0 Å². The van der Waals surface area contributed by atoms with Crippen molar-refractivity contribution in [2.75, 3.05) is 18.0 Å². The van der Waals surface area contributed by atoms with E-state index < -0.39 is 0 Å². The van der Waals surface area contributed by atoms with E-state index in [2.05, 4.69) is 52.9 Å². The largest absolute Gasteiger partial charge is 0.347 e. The molecule has 21 heavy (non-hydrogen) atoms. The molecule has 0 amide bonds. The minimum absolute atomic E-state index is 0.679. The molecule has 3 heterocycles. The highest BCUT2D eigenvalue weighted by atomic mass is 32.1. The summed E-state index contributed by atoms with van der Waals surface area (Å²) in [5.41, 5.74) is 3.65. The fourth-order valence-electron chi connectivity index (χ4n) is 2.83. The van der Waals surface area contributed by atoms with Crippen LogP contribution < -0.4 is 4.90 Å². The minimum atomic E-state index is 0.679. The summed E-state index contributed by atoms with van der Waals surface area (Å²) in [5, 5.41) is 5.52. The van der Waals surface area contributed by atoms with Crippen LogP contribution in [-0.4, -0.2) is 27.9 Å². The van der Waals surface area contributed by atoms with Crippen LogP contribution in [0.25, 0.3) is 10.2 Å². The van der Waals surface area contributed by atoms with Crippen LogP contribution in [0.15, 0.2) is 30.6 Å². The van der Waals surface area contributed by atoms with Gasteiger partial charge in [0, 0.05) is 31.7 Å². The highest BCUT2D eigenvalue weighted by Crippen LogP contribution is 2.33. The van der Waals surface area contributed by atoms with Crippen LogP contribution >= 0.6 is 11.3 Å². The number of hydrogen-bond acceptors (Lipinski definition) is 4. The van der Waals surface area contributed by atoms with E-state index in [9.17, 15) is 0 Å². The van der Waals surface area contributed by atoms with Crippen molar-refractivity contribution < 1.29 is 0 Å². The number of benzene rings is 1. The lowest BCUT2D eigenvalue weighted by atomic mass is 10.0. The Morgan fingerprint density at radius 1 is 1.24 bits per heavy atom. The third kappa shape index (κ3) is 2.42. The van der Waals surface area contributed by atoms with Crippen molar-refractivity contribution in [1.29, 1.82) is 0 Å². The molecule has 1 aromatic carbocycles. The molecule has 0 N–H and O–H groups in total. The van der Waals surface area contributed by atoms with Crippen LogP contribution in [0.2, 0.25) is 0 Å². The van der Waals surface area contributed by atoms with Crippen molar-refractivity contribution in [3.8, 4) is 0 Å². The van der Waals surface area contributed by atoms with Gasteiger partial charge < -0.3 is 4.90 Å². The van der Waals surface area contributed by atoms with Crippen LogP contribution in [0.1, 0.15) is 11.1 Å². The first kappa shape index (κ1) is 12.8. The van der Waals surface area contributed by atoms with Crippen molar-refractivity contribution in [3.63, 3.8) is 0 Å². The number of aromatic nitrogens is 3. The molecule has 1 saturated heterocycles. The number of nitrogens with zero attached hydrogens (tertiary/aromatic N) is 4. The molecule has 0 atom stereocenters. The van der Waals surface area contributed by atoms with E-state index in [4.69, 9.17) is 4.98 Å². The molecule has 0 radical (unpaired) electrons. The highest BCUT2D eigenvalue weighted by Gasteiger charge is 2.29. The average molecular weight is 298 g/mol. The molecule has 1 aliphatic rings. The van der Waals surface area contributed by atoms with E-state index in [1.807, 2.05) is 6.20 Å². The molecule has 0 aliphatic carbocycles. The van der Waals surface area contributed by atoms with Gasteiger partial charge in [0.2, 0.25) is 0 Å². The second-order valence-corrected chi connectivity index (χ2v) is 6.99. The molecule has 4 rings (SSSR count). The fourth-order valence-corrected chi connectivity index (χ4v) is 3.91. The van der Waals surface area contributed by atoms with Gasteiger partial charge in [-0.25, -0.2) is 4.98 Å². The van der Waals surface area contributed by atoms with E-state index in [1.165, 1.54) is 15.8 Å². The summed E-state index contributed by atoms with van der Waals surface area (Å²) < 4.78 is 3.34. The Hall–Kier alpha value is -1.88. The van der Waals surface area contributed by atoms with Crippen molar-refractivity contribution in [1.82, 2.24) is 14.8 Å². The first-order valence-corrected chi connectivity index (χ1v) is 8.10. The first-order chi connectivity index (χ1) is 10.2. The van der Waals surface area contributed by atoms with E-state index >= 15 is 0 Å². The molecule has 3 aromatic rings. The summed E-state index contributed by atoms with van der Waals surface area (Å²) in [6.07, 6.45) is 4.04. The van der Waals surface area contributed by atoms with Crippen LogP contribution in [0.4, 0.5) is 5.13 Å².